The van der Waals surface area contributed by atoms with Crippen LogP contribution in [0.5, 0.6) is 0 Å². The number of amides is 2. The fraction of sp³-hybridized carbons (Fsp3) is 0.545. The number of nitrogens with zero attached hydrogens (tertiary/aromatic N) is 1. The van der Waals surface area contributed by atoms with Crippen molar-refractivity contribution < 1.29 is 14.4 Å². The molecule has 5 heteroatoms. The number of carbonyl (C=O) groups excluding carboxylic acids is 1. The summed E-state index contributed by atoms with van der Waals surface area (Å²) in [5.74, 6) is 1.70. The lowest BCUT2D eigenvalue weighted by Gasteiger charge is -2.09. The fourth-order valence-electron chi connectivity index (χ4n) is 1.37. The first kappa shape index (κ1) is 12.6. The van der Waals surface area contributed by atoms with Gasteiger partial charge in [0.2, 0.25) is 0 Å². The normalized spacial score (nSPS) is 10.4. The number of urea groups is 1. The molecule has 0 aliphatic carbocycles. The van der Waals surface area contributed by atoms with Crippen LogP contribution in [0.1, 0.15) is 31.3 Å². The summed E-state index contributed by atoms with van der Waals surface area (Å²) in [4.78, 5) is 10.5. The van der Waals surface area contributed by atoms with Crippen molar-refractivity contribution in [3.8, 4) is 0 Å². The van der Waals surface area contributed by atoms with Gasteiger partial charge < -0.3 is 10.2 Å². The zero-order valence-corrected chi connectivity index (χ0v) is 9.48. The quantitative estimate of drug-likeness (QED) is 0.574. The predicted molar refractivity (Wildman–Crippen MR) is 59.1 cm³/mol. The van der Waals surface area contributed by atoms with Gasteiger partial charge in [0, 0.05) is 12.8 Å². The molecule has 0 atom stereocenters. The molecule has 16 heavy (non-hydrogen) atoms. The Morgan fingerprint density at radius 3 is 2.62 bits per heavy atom. The number of primary amides is 1. The lowest BCUT2D eigenvalue weighted by molar-refractivity contribution is -0.0390. The largest absolute Gasteiger partial charge is 0.466 e. The summed E-state index contributed by atoms with van der Waals surface area (Å²) in [7, 11) is 0. The summed E-state index contributed by atoms with van der Waals surface area (Å²) >= 11 is 0. The van der Waals surface area contributed by atoms with Crippen LogP contribution >= 0.6 is 0 Å². The Balaban J connectivity index is 2.37. The second-order valence-electron chi connectivity index (χ2n) is 3.68. The molecule has 3 N–H and O–H groups in total. The number of hydroxylamine groups is 2. The van der Waals surface area contributed by atoms with Crippen LogP contribution in [0.15, 0.2) is 16.5 Å². The molecule has 0 bridgehead atoms. The summed E-state index contributed by atoms with van der Waals surface area (Å²) in [6.07, 6.45) is 3.61. The average Bonchev–Trinajstić information content (AvgIpc) is 2.70. The highest BCUT2D eigenvalue weighted by Crippen LogP contribution is 2.11. The van der Waals surface area contributed by atoms with Gasteiger partial charge in [-0.3, -0.25) is 5.21 Å². The number of nitrogens with two attached hydrogens (primary N) is 1. The summed E-state index contributed by atoms with van der Waals surface area (Å²) in [6.45, 7) is 2.27. The number of aryl methyl sites for hydroxylation is 1. The van der Waals surface area contributed by atoms with E-state index in [-0.39, 0.29) is 6.54 Å². The zero-order chi connectivity index (χ0) is 12.0. The molecular formula is C11H18N2O3. The summed E-state index contributed by atoms with van der Waals surface area (Å²) in [5, 5.41) is 9.53. The first-order valence-electron chi connectivity index (χ1n) is 5.47. The molecule has 5 nitrogen and oxygen atoms in total. The third-order valence-corrected chi connectivity index (χ3v) is 2.32. The van der Waals surface area contributed by atoms with E-state index in [2.05, 4.69) is 6.92 Å². The second kappa shape index (κ2) is 6.17. The van der Waals surface area contributed by atoms with Crippen LogP contribution in [0.2, 0.25) is 0 Å². The van der Waals surface area contributed by atoms with E-state index >= 15 is 0 Å². The van der Waals surface area contributed by atoms with E-state index in [0.29, 0.717) is 11.5 Å². The van der Waals surface area contributed by atoms with Crippen molar-refractivity contribution in [2.75, 3.05) is 6.54 Å². The summed E-state index contributed by atoms with van der Waals surface area (Å²) < 4.78 is 5.53. The Hall–Kier alpha value is -1.49. The van der Waals surface area contributed by atoms with Crippen molar-refractivity contribution in [3.05, 3.63) is 23.7 Å². The highest BCUT2D eigenvalue weighted by molar-refractivity contribution is 5.70. The molecule has 0 radical (unpaired) electrons. The topological polar surface area (TPSA) is 79.7 Å². The predicted octanol–water partition coefficient (Wildman–Crippen LogP) is 1.93. The molecule has 0 saturated carbocycles. The van der Waals surface area contributed by atoms with Crippen molar-refractivity contribution in [2.45, 2.75) is 32.6 Å². The minimum absolute atomic E-state index is 0.149. The van der Waals surface area contributed by atoms with Gasteiger partial charge in [-0.1, -0.05) is 13.3 Å². The van der Waals surface area contributed by atoms with Crippen molar-refractivity contribution >= 4 is 6.03 Å². The molecule has 1 rings (SSSR count). The van der Waals surface area contributed by atoms with Crippen LogP contribution in [-0.2, 0) is 12.8 Å². The van der Waals surface area contributed by atoms with Crippen molar-refractivity contribution in [1.29, 1.82) is 0 Å². The first-order chi connectivity index (χ1) is 7.63. The number of hydrogen-bond donors (Lipinski definition) is 2. The average molecular weight is 226 g/mol. The highest BCUT2D eigenvalue weighted by atomic mass is 16.5. The number of carbonyl (C=O) groups is 1. The van der Waals surface area contributed by atoms with Gasteiger partial charge in [-0.25, -0.2) is 9.86 Å². The van der Waals surface area contributed by atoms with Gasteiger partial charge in [0.1, 0.15) is 11.5 Å². The standard InChI is InChI=1S/C11H18N2O3/c1-2-3-4-9-5-6-10(16-9)7-8-13(15)11(12)14/h5-6,15H,2-4,7-8H2,1H3,(H2,12,14). The Kier molecular flexibility index (Phi) is 4.85. The van der Waals surface area contributed by atoms with Crippen LogP contribution in [-0.4, -0.2) is 22.8 Å². The molecule has 1 aromatic heterocycles. The van der Waals surface area contributed by atoms with Gasteiger partial charge in [0.15, 0.2) is 0 Å². The lowest BCUT2D eigenvalue weighted by atomic mass is 10.2. The van der Waals surface area contributed by atoms with Gasteiger partial charge in [-0.15, -0.1) is 0 Å². The molecule has 1 heterocycles. The third-order valence-electron chi connectivity index (χ3n) is 2.32. The number of furan rings is 1. The van der Waals surface area contributed by atoms with Gasteiger partial charge in [-0.2, -0.15) is 0 Å². The molecule has 1 aromatic rings. The molecule has 0 unspecified atom stereocenters. The molecule has 90 valence electrons. The number of hydrogen-bond acceptors (Lipinski definition) is 3. The molecule has 0 spiro atoms. The van der Waals surface area contributed by atoms with Gasteiger partial charge in [0.05, 0.1) is 6.54 Å². The Morgan fingerprint density at radius 1 is 1.44 bits per heavy atom. The molecule has 0 aliphatic heterocycles. The minimum Gasteiger partial charge on any atom is -0.466 e. The van der Waals surface area contributed by atoms with Gasteiger partial charge in [0.25, 0.3) is 0 Å². The molecule has 0 aliphatic rings. The second-order valence-corrected chi connectivity index (χ2v) is 3.68. The van der Waals surface area contributed by atoms with Crippen molar-refractivity contribution in [3.63, 3.8) is 0 Å². The van der Waals surface area contributed by atoms with E-state index in [0.717, 1.165) is 30.8 Å². The minimum atomic E-state index is -0.849. The van der Waals surface area contributed by atoms with E-state index in [4.69, 9.17) is 15.4 Å². The molecule has 0 fully saturated rings. The van der Waals surface area contributed by atoms with Gasteiger partial charge in [-0.05, 0) is 18.6 Å². The first-order valence-corrected chi connectivity index (χ1v) is 5.47. The van der Waals surface area contributed by atoms with Crippen LogP contribution in [0.4, 0.5) is 4.79 Å². The van der Waals surface area contributed by atoms with Crippen LogP contribution in [0.25, 0.3) is 0 Å². The van der Waals surface area contributed by atoms with Crippen molar-refractivity contribution in [1.82, 2.24) is 5.06 Å². The Labute approximate surface area is 94.8 Å². The van der Waals surface area contributed by atoms with E-state index < -0.39 is 6.03 Å². The van der Waals surface area contributed by atoms with Crippen molar-refractivity contribution in [2.24, 2.45) is 5.73 Å². The fourth-order valence-corrected chi connectivity index (χ4v) is 1.37. The molecule has 0 saturated heterocycles. The summed E-state index contributed by atoms with van der Waals surface area (Å²) in [5.41, 5.74) is 4.88. The Bertz CT molecular complexity index is 336. The molecular weight excluding hydrogens is 208 g/mol. The number of rotatable bonds is 6. The Morgan fingerprint density at radius 2 is 2.06 bits per heavy atom. The van der Waals surface area contributed by atoms with E-state index in [9.17, 15) is 4.79 Å². The van der Waals surface area contributed by atoms with E-state index in [1.165, 1.54) is 0 Å². The lowest BCUT2D eigenvalue weighted by Crippen LogP contribution is -2.34. The van der Waals surface area contributed by atoms with Crippen LogP contribution in [0.3, 0.4) is 0 Å². The zero-order valence-electron chi connectivity index (χ0n) is 9.48. The maximum Gasteiger partial charge on any atom is 0.338 e. The smallest absolute Gasteiger partial charge is 0.338 e. The molecule has 2 amide bonds. The SMILES string of the molecule is CCCCc1ccc(CCN(O)C(N)=O)o1. The maximum atomic E-state index is 10.5. The van der Waals surface area contributed by atoms with Gasteiger partial charge >= 0.3 is 6.03 Å². The maximum absolute atomic E-state index is 10.5. The molecule has 0 aromatic carbocycles. The monoisotopic (exact) mass is 226 g/mol. The highest BCUT2D eigenvalue weighted by Gasteiger charge is 2.07. The van der Waals surface area contributed by atoms with Crippen LogP contribution in [0, 0.1) is 0 Å². The summed E-state index contributed by atoms with van der Waals surface area (Å²) in [6, 6.07) is 2.94. The third kappa shape index (κ3) is 3.94. The number of unbranched alkanes of at least 4 members (excludes halogenated alkanes) is 1. The van der Waals surface area contributed by atoms with E-state index in [1.807, 2.05) is 12.1 Å². The van der Waals surface area contributed by atoms with Crippen LogP contribution < -0.4 is 5.73 Å². The van der Waals surface area contributed by atoms with E-state index in [1.54, 1.807) is 0 Å².